The molecule has 1 nitrogen and oxygen atoms in total. The monoisotopic (exact) mass is 1390 g/mol. The highest BCUT2D eigenvalue weighted by molar-refractivity contribution is 6.23. The fourth-order valence-corrected chi connectivity index (χ4v) is 18.9. The van der Waals surface area contributed by atoms with Crippen molar-refractivity contribution in [3.8, 4) is 111 Å². The Hall–Kier alpha value is -13.5. The second-order valence-electron chi connectivity index (χ2n) is 30.8. The van der Waals surface area contributed by atoms with Crippen molar-refractivity contribution in [3.05, 3.63) is 398 Å². The molecule has 0 radical (unpaired) electrons. The summed E-state index contributed by atoms with van der Waals surface area (Å²) in [6, 6.07) is 139. The van der Waals surface area contributed by atoms with Gasteiger partial charge in [0.25, 0.3) is 0 Å². The molecule has 0 fully saturated rings. The first kappa shape index (κ1) is 64.0. The number of hydrogen-bond acceptors (Lipinski definition) is 1. The first-order valence-corrected chi connectivity index (χ1v) is 38.2. The van der Waals surface area contributed by atoms with Gasteiger partial charge >= 0.3 is 0 Å². The van der Waals surface area contributed by atoms with E-state index in [9.17, 15) is 0 Å². The van der Waals surface area contributed by atoms with Crippen LogP contribution in [0.25, 0.3) is 198 Å². The summed E-state index contributed by atoms with van der Waals surface area (Å²) in [4.78, 5) is 0. The van der Waals surface area contributed by atoms with Gasteiger partial charge in [0.05, 0.1) is 0 Å². The van der Waals surface area contributed by atoms with Crippen LogP contribution in [0.5, 0.6) is 0 Å². The minimum Gasteiger partial charge on any atom is -0.455 e. The summed E-state index contributed by atoms with van der Waals surface area (Å²) in [5, 5.41) is 17.6. The second-order valence-corrected chi connectivity index (χ2v) is 30.8. The Morgan fingerprint density at radius 1 is 0.174 bits per heavy atom. The van der Waals surface area contributed by atoms with Crippen LogP contribution in [-0.2, 0) is 10.8 Å². The Labute approximate surface area is 634 Å². The lowest BCUT2D eigenvalue weighted by molar-refractivity contribution is 0.661. The van der Waals surface area contributed by atoms with Crippen LogP contribution < -0.4 is 0 Å². The van der Waals surface area contributed by atoms with Gasteiger partial charge in [0.15, 0.2) is 0 Å². The molecule has 0 N–H and O–H groups in total. The van der Waals surface area contributed by atoms with E-state index in [4.69, 9.17) is 4.42 Å². The summed E-state index contributed by atoms with van der Waals surface area (Å²) < 4.78 is 6.48. The van der Waals surface area contributed by atoms with E-state index < -0.39 is 0 Å². The van der Waals surface area contributed by atoms with Crippen LogP contribution >= 0.6 is 0 Å². The summed E-state index contributed by atoms with van der Waals surface area (Å²) >= 11 is 0. The second kappa shape index (κ2) is 25.1. The third-order valence-corrected chi connectivity index (χ3v) is 24.1. The SMILES string of the molecule is CC1(C)c2ccc(-c3ccc(-c4c5ccccc5c(-c5cccc(-c6cccc7c6oc6ccccc67)c5)c5ccccc45)cc3)cc2-c2c1ccc1ccccc21.CC1(C)c2ccc(-c3ccc(-c4c5ccccc5c(-c5cccc(-c6ccccc6)c5)c5ccccc45)cc3)cc2-c2c1ccc1ccccc21. The van der Waals surface area contributed by atoms with Crippen molar-refractivity contribution in [2.24, 2.45) is 0 Å². The molecule has 109 heavy (non-hydrogen) atoms. The van der Waals surface area contributed by atoms with Crippen LogP contribution in [0.15, 0.2) is 381 Å². The summed E-state index contributed by atoms with van der Waals surface area (Å²) in [7, 11) is 0. The molecule has 0 saturated heterocycles. The van der Waals surface area contributed by atoms with E-state index >= 15 is 0 Å². The van der Waals surface area contributed by atoms with Crippen LogP contribution in [0.4, 0.5) is 0 Å². The van der Waals surface area contributed by atoms with Gasteiger partial charge in [0, 0.05) is 27.2 Å². The maximum atomic E-state index is 6.48. The first-order chi connectivity index (χ1) is 53.6. The fraction of sp³-hybridized carbons (Fsp3) is 0.0556. The number of hydrogen-bond donors (Lipinski definition) is 0. The van der Waals surface area contributed by atoms with Crippen LogP contribution in [0.1, 0.15) is 49.9 Å². The minimum absolute atomic E-state index is 0.0335. The summed E-state index contributed by atoms with van der Waals surface area (Å²) in [5.74, 6) is 0. The zero-order chi connectivity index (χ0) is 72.6. The Bertz CT molecular complexity index is 7010. The van der Waals surface area contributed by atoms with Crippen LogP contribution in [-0.4, -0.2) is 0 Å². The van der Waals surface area contributed by atoms with Gasteiger partial charge in [-0.15, -0.1) is 0 Å². The lowest BCUT2D eigenvalue weighted by atomic mass is 9.82. The third kappa shape index (κ3) is 10.2. The average Bonchev–Trinajstić information content (AvgIpc) is 1.64. The van der Waals surface area contributed by atoms with E-state index in [1.54, 1.807) is 0 Å². The van der Waals surface area contributed by atoms with Crippen LogP contribution in [0, 0.1) is 0 Å². The zero-order valence-corrected chi connectivity index (χ0v) is 61.2. The predicted octanol–water partition coefficient (Wildman–Crippen LogP) is 30.1. The van der Waals surface area contributed by atoms with Crippen molar-refractivity contribution < 1.29 is 4.42 Å². The van der Waals surface area contributed by atoms with Crippen LogP contribution in [0.3, 0.4) is 0 Å². The van der Waals surface area contributed by atoms with E-state index in [-0.39, 0.29) is 10.8 Å². The molecule has 0 bridgehead atoms. The summed E-state index contributed by atoms with van der Waals surface area (Å²) in [5.41, 5.74) is 32.5. The van der Waals surface area contributed by atoms with Crippen molar-refractivity contribution in [3.63, 3.8) is 0 Å². The lowest BCUT2D eigenvalue weighted by Gasteiger charge is -2.21. The quantitative estimate of drug-likeness (QED) is 0.138. The fourth-order valence-electron chi connectivity index (χ4n) is 18.9. The molecule has 2 aliphatic carbocycles. The Kier molecular flexibility index (Phi) is 14.7. The maximum absolute atomic E-state index is 6.48. The summed E-state index contributed by atoms with van der Waals surface area (Å²) in [6.07, 6.45) is 0. The highest BCUT2D eigenvalue weighted by atomic mass is 16.3. The largest absolute Gasteiger partial charge is 0.455 e. The van der Waals surface area contributed by atoms with Gasteiger partial charge in [0.1, 0.15) is 11.2 Å². The minimum atomic E-state index is -0.0464. The van der Waals surface area contributed by atoms with Crippen molar-refractivity contribution in [1.82, 2.24) is 0 Å². The van der Waals surface area contributed by atoms with E-state index in [0.717, 1.165) is 33.1 Å². The third-order valence-electron chi connectivity index (χ3n) is 24.1. The van der Waals surface area contributed by atoms with E-state index in [2.05, 4.69) is 398 Å². The molecule has 1 aromatic heterocycles. The van der Waals surface area contributed by atoms with Crippen LogP contribution in [0.2, 0.25) is 0 Å². The highest BCUT2D eigenvalue weighted by Gasteiger charge is 2.38. The lowest BCUT2D eigenvalue weighted by Crippen LogP contribution is -2.14. The zero-order valence-electron chi connectivity index (χ0n) is 61.2. The van der Waals surface area contributed by atoms with Crippen molar-refractivity contribution in [1.29, 1.82) is 0 Å². The van der Waals surface area contributed by atoms with Crippen molar-refractivity contribution in [2.45, 2.75) is 38.5 Å². The predicted molar refractivity (Wildman–Crippen MR) is 464 cm³/mol. The molecule has 2 aliphatic rings. The van der Waals surface area contributed by atoms with E-state index in [0.29, 0.717) is 0 Å². The number of benzene rings is 19. The Morgan fingerprint density at radius 3 is 0.936 bits per heavy atom. The molecule has 0 spiro atoms. The standard InChI is InChI=1S/C57H38O.C51H36/c1-57(2)50-31-30-38(34-49(50)55-41-16-4-3-13-36(41)29-32-51(55)57)35-25-27-37(28-26-35)53-44-18-5-7-20-46(44)54(47-21-8-6-19-45(47)53)40-15-11-14-39(33-40)42-22-12-23-48-43-17-9-10-24-52(43)58-56(42)48;1-51(2)46-29-28-38(32-45(46)50-40-18-7-6-15-35(40)27-30-47(50)51)34-23-25-36(26-24-34)48-41-19-8-10-21-43(41)49(44-22-11-9-20-42(44)48)39-17-12-16-37(31-39)33-13-4-3-5-14-33/h3-34H,1-2H3;3-32H,1-2H3. The molecule has 1 heterocycles. The first-order valence-electron chi connectivity index (χ1n) is 38.2. The molecule has 0 unspecified atom stereocenters. The van der Waals surface area contributed by atoms with Gasteiger partial charge in [-0.1, -0.05) is 373 Å². The summed E-state index contributed by atoms with van der Waals surface area (Å²) in [6.45, 7) is 9.45. The number of rotatable bonds is 8. The number of furan rings is 1. The average molecular weight is 1390 g/mol. The molecule has 0 amide bonds. The van der Waals surface area contributed by atoms with Gasteiger partial charge in [-0.05, 0) is 223 Å². The number of fused-ring (bicyclic) bond motifs is 17. The molecule has 0 atom stereocenters. The molecule has 19 aromatic carbocycles. The van der Waals surface area contributed by atoms with Gasteiger partial charge < -0.3 is 4.42 Å². The molecule has 20 aromatic rings. The maximum Gasteiger partial charge on any atom is 0.143 e. The molecule has 0 saturated carbocycles. The molecular formula is C108H74O. The highest BCUT2D eigenvalue weighted by Crippen LogP contribution is 2.55. The van der Waals surface area contributed by atoms with Gasteiger partial charge in [0.2, 0.25) is 0 Å². The topological polar surface area (TPSA) is 13.1 Å². The smallest absolute Gasteiger partial charge is 0.143 e. The molecule has 512 valence electrons. The Morgan fingerprint density at radius 2 is 0.477 bits per heavy atom. The van der Waals surface area contributed by atoms with E-state index in [1.807, 2.05) is 6.07 Å². The van der Waals surface area contributed by atoms with Crippen molar-refractivity contribution >= 4 is 86.6 Å². The van der Waals surface area contributed by atoms with Gasteiger partial charge in [-0.25, -0.2) is 0 Å². The Balaban J connectivity index is 0.000000140. The molecule has 22 rings (SSSR count). The van der Waals surface area contributed by atoms with Gasteiger partial charge in [-0.2, -0.15) is 0 Å². The molecule has 0 aliphatic heterocycles. The molecule has 1 heteroatoms. The normalized spacial score (nSPS) is 13.1. The number of para-hydroxylation sites is 2. The van der Waals surface area contributed by atoms with Gasteiger partial charge in [-0.3, -0.25) is 0 Å². The molecular weight excluding hydrogens is 1310 g/mol. The van der Waals surface area contributed by atoms with E-state index in [1.165, 1.54) is 187 Å². The van der Waals surface area contributed by atoms with Crippen molar-refractivity contribution in [2.75, 3.05) is 0 Å².